The van der Waals surface area contributed by atoms with Crippen molar-refractivity contribution < 1.29 is 19.1 Å². The first-order valence-electron chi connectivity index (χ1n) is 12.1. The van der Waals surface area contributed by atoms with Crippen molar-refractivity contribution in [2.24, 2.45) is 0 Å². The summed E-state index contributed by atoms with van der Waals surface area (Å²) in [6.45, 7) is 5.50. The van der Waals surface area contributed by atoms with E-state index in [4.69, 9.17) is 14.6 Å². The van der Waals surface area contributed by atoms with Crippen LogP contribution in [0.3, 0.4) is 0 Å². The summed E-state index contributed by atoms with van der Waals surface area (Å²) in [5, 5.41) is 4.72. The monoisotopic (exact) mass is 496 g/mol. The fourth-order valence-electron chi connectivity index (χ4n) is 3.96. The molecular formula is C30H28N2O5. The third-order valence-corrected chi connectivity index (χ3v) is 5.61. The Balaban J connectivity index is 1.86. The molecule has 0 N–H and O–H groups in total. The molecule has 7 heteroatoms. The number of hydrogen-bond donors (Lipinski definition) is 0. The molecule has 0 saturated carbocycles. The van der Waals surface area contributed by atoms with Crippen LogP contribution in [0.2, 0.25) is 0 Å². The first kappa shape index (κ1) is 25.6. The maximum Gasteiger partial charge on any atom is 0.344 e. The molecule has 37 heavy (non-hydrogen) atoms. The second kappa shape index (κ2) is 11.5. The molecule has 4 aromatic rings. The van der Waals surface area contributed by atoms with Gasteiger partial charge < -0.3 is 9.47 Å². The average Bonchev–Trinajstić information content (AvgIpc) is 2.90. The topological polar surface area (TPSA) is 87.5 Å². The molecule has 7 nitrogen and oxygen atoms in total. The summed E-state index contributed by atoms with van der Waals surface area (Å²) >= 11 is 0. The molecule has 1 aromatic heterocycles. The number of nitrogens with zero attached hydrogens (tertiary/aromatic N) is 2. The summed E-state index contributed by atoms with van der Waals surface area (Å²) in [7, 11) is 0. The molecule has 0 fully saturated rings. The van der Waals surface area contributed by atoms with Crippen LogP contribution in [0.25, 0.3) is 22.4 Å². The minimum atomic E-state index is -0.702. The lowest BCUT2D eigenvalue weighted by Crippen LogP contribution is -2.31. The quantitative estimate of drug-likeness (QED) is 0.305. The van der Waals surface area contributed by atoms with Crippen LogP contribution in [0.1, 0.15) is 47.1 Å². The maximum atomic E-state index is 13.7. The van der Waals surface area contributed by atoms with Crippen molar-refractivity contribution in [2.75, 3.05) is 6.61 Å². The predicted octanol–water partition coefficient (Wildman–Crippen LogP) is 5.37. The molecule has 0 aliphatic rings. The first-order chi connectivity index (χ1) is 17.9. The van der Waals surface area contributed by atoms with E-state index in [2.05, 4.69) is 0 Å². The third-order valence-electron chi connectivity index (χ3n) is 5.61. The van der Waals surface area contributed by atoms with E-state index in [0.717, 1.165) is 11.1 Å². The van der Waals surface area contributed by atoms with E-state index in [1.165, 1.54) is 4.68 Å². The molecule has 0 spiro atoms. The first-order valence-corrected chi connectivity index (χ1v) is 12.1. The standard InChI is InChI=1S/C30H28N2O5/c1-4-36-30(35)26-25(22-11-7-5-8-12-22)27(23-13-9-6-10-14-23)31-32(28(26)33)19-21-15-17-24(18-16-21)29(34)37-20(2)3/h5-18,20H,4,19H2,1-3H3. The number of hydrogen-bond acceptors (Lipinski definition) is 6. The van der Waals surface area contributed by atoms with Crippen LogP contribution in [-0.4, -0.2) is 34.4 Å². The van der Waals surface area contributed by atoms with E-state index in [1.54, 1.807) is 45.0 Å². The van der Waals surface area contributed by atoms with E-state index in [9.17, 15) is 14.4 Å². The maximum absolute atomic E-state index is 13.7. The fourth-order valence-corrected chi connectivity index (χ4v) is 3.96. The fraction of sp³-hybridized carbons (Fsp3) is 0.200. The lowest BCUT2D eigenvalue weighted by atomic mass is 9.95. The van der Waals surface area contributed by atoms with E-state index in [1.807, 2.05) is 60.7 Å². The zero-order valence-electron chi connectivity index (χ0n) is 21.0. The van der Waals surface area contributed by atoms with Gasteiger partial charge in [-0.2, -0.15) is 5.10 Å². The molecule has 0 aliphatic carbocycles. The van der Waals surface area contributed by atoms with Crippen LogP contribution < -0.4 is 5.56 Å². The van der Waals surface area contributed by atoms with Gasteiger partial charge in [-0.15, -0.1) is 0 Å². The largest absolute Gasteiger partial charge is 0.462 e. The van der Waals surface area contributed by atoms with Gasteiger partial charge in [0.25, 0.3) is 5.56 Å². The van der Waals surface area contributed by atoms with Gasteiger partial charge in [0.1, 0.15) is 5.56 Å². The third kappa shape index (κ3) is 5.83. The normalized spacial score (nSPS) is 10.8. The molecule has 0 radical (unpaired) electrons. The molecular weight excluding hydrogens is 468 g/mol. The Morgan fingerprint density at radius 2 is 1.43 bits per heavy atom. The molecule has 0 aliphatic heterocycles. The highest BCUT2D eigenvalue weighted by Gasteiger charge is 2.26. The van der Waals surface area contributed by atoms with Crippen molar-refractivity contribution >= 4 is 11.9 Å². The summed E-state index contributed by atoms with van der Waals surface area (Å²) in [6.07, 6.45) is -0.226. The van der Waals surface area contributed by atoms with Gasteiger partial charge in [0.05, 0.1) is 30.5 Å². The van der Waals surface area contributed by atoms with Crippen LogP contribution in [-0.2, 0) is 16.0 Å². The van der Waals surface area contributed by atoms with E-state index >= 15 is 0 Å². The average molecular weight is 497 g/mol. The van der Waals surface area contributed by atoms with Gasteiger partial charge in [-0.25, -0.2) is 14.3 Å². The highest BCUT2D eigenvalue weighted by atomic mass is 16.5. The summed E-state index contributed by atoms with van der Waals surface area (Å²) in [6, 6.07) is 25.4. The number of rotatable bonds is 8. The zero-order chi connectivity index (χ0) is 26.4. The van der Waals surface area contributed by atoms with Crippen molar-refractivity contribution in [2.45, 2.75) is 33.4 Å². The molecule has 0 bridgehead atoms. The Bertz CT molecular complexity index is 1440. The number of esters is 2. The Kier molecular flexibility index (Phi) is 7.93. The van der Waals surface area contributed by atoms with Gasteiger partial charge in [0, 0.05) is 11.1 Å². The number of carbonyl (C=O) groups excluding carboxylic acids is 2. The van der Waals surface area contributed by atoms with Crippen molar-refractivity contribution in [3.05, 3.63) is 112 Å². The molecule has 188 valence electrons. The summed E-state index contributed by atoms with van der Waals surface area (Å²) < 4.78 is 11.8. The predicted molar refractivity (Wildman–Crippen MR) is 141 cm³/mol. The SMILES string of the molecule is CCOC(=O)c1c(-c2ccccc2)c(-c2ccccc2)nn(Cc2ccc(C(=O)OC(C)C)cc2)c1=O. The van der Waals surface area contributed by atoms with Crippen LogP contribution in [0, 0.1) is 0 Å². The van der Waals surface area contributed by atoms with Crippen LogP contribution in [0.5, 0.6) is 0 Å². The Labute approximate surface area is 215 Å². The minimum Gasteiger partial charge on any atom is -0.462 e. The van der Waals surface area contributed by atoms with Gasteiger partial charge >= 0.3 is 11.9 Å². The number of ether oxygens (including phenoxy) is 2. The second-order valence-corrected chi connectivity index (χ2v) is 8.66. The number of aromatic nitrogens is 2. The highest BCUT2D eigenvalue weighted by molar-refractivity contribution is 6.00. The van der Waals surface area contributed by atoms with Gasteiger partial charge in [0.15, 0.2) is 0 Å². The van der Waals surface area contributed by atoms with Gasteiger partial charge in [-0.05, 0) is 44.0 Å². The lowest BCUT2D eigenvalue weighted by molar-refractivity contribution is 0.0377. The Morgan fingerprint density at radius 3 is 2.00 bits per heavy atom. The van der Waals surface area contributed by atoms with Crippen molar-refractivity contribution in [3.8, 4) is 22.4 Å². The van der Waals surface area contributed by atoms with Gasteiger partial charge in [0.2, 0.25) is 0 Å². The molecule has 0 atom stereocenters. The minimum absolute atomic E-state index is 0.0703. The van der Waals surface area contributed by atoms with Crippen LogP contribution in [0.15, 0.2) is 89.7 Å². The second-order valence-electron chi connectivity index (χ2n) is 8.66. The van der Waals surface area contributed by atoms with Crippen molar-refractivity contribution in [1.82, 2.24) is 9.78 Å². The molecule has 0 saturated heterocycles. The van der Waals surface area contributed by atoms with E-state index < -0.39 is 17.5 Å². The summed E-state index contributed by atoms with van der Waals surface area (Å²) in [5.41, 5.74) is 2.89. The van der Waals surface area contributed by atoms with Crippen LogP contribution in [0.4, 0.5) is 0 Å². The Hall–Kier alpha value is -4.52. The van der Waals surface area contributed by atoms with Gasteiger partial charge in [-0.1, -0.05) is 72.8 Å². The van der Waals surface area contributed by atoms with Crippen molar-refractivity contribution in [1.29, 1.82) is 0 Å². The summed E-state index contributed by atoms with van der Waals surface area (Å²) in [5.74, 6) is -1.12. The molecule has 3 aromatic carbocycles. The molecule has 1 heterocycles. The zero-order valence-corrected chi connectivity index (χ0v) is 21.0. The summed E-state index contributed by atoms with van der Waals surface area (Å²) in [4.78, 5) is 39.0. The lowest BCUT2D eigenvalue weighted by Gasteiger charge is -2.17. The molecule has 0 amide bonds. The molecule has 4 rings (SSSR count). The van der Waals surface area contributed by atoms with Crippen molar-refractivity contribution in [3.63, 3.8) is 0 Å². The van der Waals surface area contributed by atoms with Crippen LogP contribution >= 0.6 is 0 Å². The Morgan fingerprint density at radius 1 is 0.838 bits per heavy atom. The number of carbonyl (C=O) groups is 2. The smallest absolute Gasteiger partial charge is 0.344 e. The highest BCUT2D eigenvalue weighted by Crippen LogP contribution is 2.32. The molecule has 0 unspecified atom stereocenters. The van der Waals surface area contributed by atoms with E-state index in [0.29, 0.717) is 22.4 Å². The van der Waals surface area contributed by atoms with E-state index in [-0.39, 0.29) is 24.8 Å². The van der Waals surface area contributed by atoms with Gasteiger partial charge in [-0.3, -0.25) is 4.79 Å². The number of benzene rings is 3.